The molecule has 1 fully saturated rings. The molecular formula is C19H28N4O. The zero-order valence-corrected chi connectivity index (χ0v) is 14.9. The number of ether oxygens (including phenoxy) is 1. The maximum absolute atomic E-state index is 5.81. The number of hydrogen-bond acceptors (Lipinski definition) is 4. The summed E-state index contributed by atoms with van der Waals surface area (Å²) in [4.78, 5) is 12.2. The van der Waals surface area contributed by atoms with Crippen LogP contribution in [0.15, 0.2) is 36.7 Å². The van der Waals surface area contributed by atoms with Crippen LogP contribution >= 0.6 is 0 Å². The van der Waals surface area contributed by atoms with E-state index in [4.69, 9.17) is 4.74 Å². The van der Waals surface area contributed by atoms with Gasteiger partial charge in [0.15, 0.2) is 0 Å². The Morgan fingerprint density at radius 2 is 1.79 bits per heavy atom. The van der Waals surface area contributed by atoms with Crippen LogP contribution in [0.2, 0.25) is 0 Å². The van der Waals surface area contributed by atoms with Crippen molar-refractivity contribution in [2.24, 2.45) is 0 Å². The molecule has 2 aromatic rings. The molecule has 1 aromatic heterocycles. The molecule has 0 aliphatic carbocycles. The second kappa shape index (κ2) is 7.92. The minimum atomic E-state index is 0.322. The summed E-state index contributed by atoms with van der Waals surface area (Å²) in [5, 5.41) is 0. The Balaban J connectivity index is 1.51. The summed E-state index contributed by atoms with van der Waals surface area (Å²) in [6.07, 6.45) is 4.31. The number of aromatic nitrogens is 2. The average Bonchev–Trinajstić information content (AvgIpc) is 3.01. The van der Waals surface area contributed by atoms with Gasteiger partial charge in [-0.2, -0.15) is 0 Å². The highest BCUT2D eigenvalue weighted by Gasteiger charge is 2.21. The van der Waals surface area contributed by atoms with Crippen LogP contribution < -0.4 is 0 Å². The van der Waals surface area contributed by atoms with Crippen molar-refractivity contribution in [2.45, 2.75) is 45.7 Å². The third kappa shape index (κ3) is 4.90. The van der Waals surface area contributed by atoms with E-state index in [1.54, 1.807) is 6.20 Å². The first-order valence-corrected chi connectivity index (χ1v) is 8.71. The van der Waals surface area contributed by atoms with Gasteiger partial charge in [-0.3, -0.25) is 9.80 Å². The molecule has 0 saturated carbocycles. The molecule has 1 aromatic carbocycles. The van der Waals surface area contributed by atoms with Gasteiger partial charge >= 0.3 is 0 Å². The van der Waals surface area contributed by atoms with Gasteiger partial charge < -0.3 is 9.72 Å². The van der Waals surface area contributed by atoms with Crippen molar-refractivity contribution < 1.29 is 4.74 Å². The first-order valence-electron chi connectivity index (χ1n) is 8.71. The molecular weight excluding hydrogens is 300 g/mol. The van der Waals surface area contributed by atoms with Crippen molar-refractivity contribution in [3.8, 4) is 0 Å². The van der Waals surface area contributed by atoms with Gasteiger partial charge in [0, 0.05) is 38.6 Å². The van der Waals surface area contributed by atoms with Gasteiger partial charge in [-0.25, -0.2) is 4.98 Å². The molecule has 5 heteroatoms. The van der Waals surface area contributed by atoms with Gasteiger partial charge in [-0.1, -0.05) is 24.3 Å². The van der Waals surface area contributed by atoms with Gasteiger partial charge in [0.2, 0.25) is 0 Å². The number of H-pyrrole nitrogens is 1. The number of aromatic amines is 1. The number of hydrogen-bond donors (Lipinski definition) is 1. The highest BCUT2D eigenvalue weighted by Crippen LogP contribution is 2.15. The Bertz CT molecular complexity index is 601. The minimum Gasteiger partial charge on any atom is -0.373 e. The Morgan fingerprint density at radius 1 is 1.12 bits per heavy atom. The third-order valence-corrected chi connectivity index (χ3v) is 4.35. The maximum atomic E-state index is 5.81. The maximum Gasteiger partial charge on any atom is 0.120 e. The smallest absolute Gasteiger partial charge is 0.120 e. The van der Waals surface area contributed by atoms with Gasteiger partial charge in [0.25, 0.3) is 0 Å². The lowest BCUT2D eigenvalue weighted by Gasteiger charge is -2.35. The van der Waals surface area contributed by atoms with E-state index < -0.39 is 0 Å². The molecule has 24 heavy (non-hydrogen) atoms. The van der Waals surface area contributed by atoms with Crippen LogP contribution in [0.1, 0.15) is 30.8 Å². The largest absolute Gasteiger partial charge is 0.373 e. The Kier molecular flexibility index (Phi) is 5.66. The fourth-order valence-corrected chi connectivity index (χ4v) is 3.43. The SMILES string of the molecule is C[C@@H]1CN(Cc2ccc(CN(C)Cc3ncc[nH]3)cc2)C[C@H](C)O1. The number of imidazole rings is 1. The lowest BCUT2D eigenvalue weighted by molar-refractivity contribution is -0.0704. The predicted molar refractivity (Wildman–Crippen MR) is 95.5 cm³/mol. The number of rotatable bonds is 6. The van der Waals surface area contributed by atoms with Crippen molar-refractivity contribution in [1.29, 1.82) is 0 Å². The van der Waals surface area contributed by atoms with E-state index in [1.807, 2.05) is 6.20 Å². The van der Waals surface area contributed by atoms with E-state index in [1.165, 1.54) is 11.1 Å². The van der Waals surface area contributed by atoms with E-state index in [2.05, 4.69) is 64.9 Å². The van der Waals surface area contributed by atoms with E-state index >= 15 is 0 Å². The van der Waals surface area contributed by atoms with E-state index in [0.717, 1.165) is 38.5 Å². The standard InChI is InChI=1S/C19H28N4O/c1-15-10-23(11-16(2)24-15)13-18-6-4-17(5-7-18)12-22(3)14-19-20-8-9-21-19/h4-9,15-16H,10-14H2,1-3H3,(H,20,21)/t15-,16+. The fraction of sp³-hybridized carbons (Fsp3) is 0.526. The van der Waals surface area contributed by atoms with Gasteiger partial charge in [-0.15, -0.1) is 0 Å². The number of benzene rings is 1. The molecule has 0 amide bonds. The van der Waals surface area contributed by atoms with Crippen LogP contribution in [-0.4, -0.2) is 52.1 Å². The van der Waals surface area contributed by atoms with Gasteiger partial charge in [0.05, 0.1) is 18.8 Å². The summed E-state index contributed by atoms with van der Waals surface area (Å²) >= 11 is 0. The van der Waals surface area contributed by atoms with Crippen molar-refractivity contribution in [3.05, 3.63) is 53.6 Å². The van der Waals surface area contributed by atoms with E-state index in [9.17, 15) is 0 Å². The zero-order chi connectivity index (χ0) is 16.9. The van der Waals surface area contributed by atoms with Crippen LogP contribution in [0.25, 0.3) is 0 Å². The first-order chi connectivity index (χ1) is 11.6. The summed E-state index contributed by atoms with van der Waals surface area (Å²) in [5.74, 6) is 1.00. The lowest BCUT2D eigenvalue weighted by Crippen LogP contribution is -2.44. The van der Waals surface area contributed by atoms with Gasteiger partial charge in [-0.05, 0) is 32.0 Å². The van der Waals surface area contributed by atoms with Crippen molar-refractivity contribution in [3.63, 3.8) is 0 Å². The molecule has 130 valence electrons. The molecule has 2 atom stereocenters. The summed E-state index contributed by atoms with van der Waals surface area (Å²) < 4.78 is 5.81. The third-order valence-electron chi connectivity index (χ3n) is 4.35. The van der Waals surface area contributed by atoms with Crippen LogP contribution in [0.3, 0.4) is 0 Å². The monoisotopic (exact) mass is 328 g/mol. The molecule has 0 spiro atoms. The topological polar surface area (TPSA) is 44.4 Å². The second-order valence-corrected chi connectivity index (χ2v) is 6.98. The minimum absolute atomic E-state index is 0.322. The molecule has 1 saturated heterocycles. The summed E-state index contributed by atoms with van der Waals surface area (Å²) in [5.41, 5.74) is 2.70. The second-order valence-electron chi connectivity index (χ2n) is 6.98. The average molecular weight is 328 g/mol. The fourth-order valence-electron chi connectivity index (χ4n) is 3.43. The summed E-state index contributed by atoms with van der Waals surface area (Å²) in [6, 6.07) is 8.98. The lowest BCUT2D eigenvalue weighted by atomic mass is 10.1. The summed E-state index contributed by atoms with van der Waals surface area (Å²) in [6.45, 7) is 9.09. The molecule has 1 aliphatic heterocycles. The van der Waals surface area contributed by atoms with Crippen LogP contribution in [0.4, 0.5) is 0 Å². The normalized spacial score (nSPS) is 22.2. The van der Waals surface area contributed by atoms with Crippen LogP contribution in [0, 0.1) is 0 Å². The zero-order valence-electron chi connectivity index (χ0n) is 14.9. The molecule has 0 unspecified atom stereocenters. The quantitative estimate of drug-likeness (QED) is 0.885. The van der Waals surface area contributed by atoms with E-state index in [0.29, 0.717) is 12.2 Å². The Morgan fingerprint density at radius 3 is 2.42 bits per heavy atom. The molecule has 0 bridgehead atoms. The molecule has 5 nitrogen and oxygen atoms in total. The van der Waals surface area contributed by atoms with Gasteiger partial charge in [0.1, 0.15) is 5.82 Å². The molecule has 1 aliphatic rings. The van der Waals surface area contributed by atoms with Crippen molar-refractivity contribution >= 4 is 0 Å². The van der Waals surface area contributed by atoms with E-state index in [-0.39, 0.29) is 0 Å². The number of morpholine rings is 1. The van der Waals surface area contributed by atoms with Crippen molar-refractivity contribution in [1.82, 2.24) is 19.8 Å². The molecule has 2 heterocycles. The van der Waals surface area contributed by atoms with Crippen LogP contribution in [-0.2, 0) is 24.4 Å². The number of nitrogens with one attached hydrogen (secondary N) is 1. The Labute approximate surface area is 144 Å². The highest BCUT2D eigenvalue weighted by atomic mass is 16.5. The Hall–Kier alpha value is -1.69. The number of nitrogens with zero attached hydrogens (tertiary/aromatic N) is 3. The molecule has 1 N–H and O–H groups in total. The van der Waals surface area contributed by atoms with Crippen LogP contribution in [0.5, 0.6) is 0 Å². The highest BCUT2D eigenvalue weighted by molar-refractivity contribution is 5.22. The van der Waals surface area contributed by atoms with Crippen molar-refractivity contribution in [2.75, 3.05) is 20.1 Å². The molecule has 3 rings (SSSR count). The molecule has 0 radical (unpaired) electrons. The summed E-state index contributed by atoms with van der Waals surface area (Å²) in [7, 11) is 2.12. The first kappa shape index (κ1) is 17.1. The predicted octanol–water partition coefficient (Wildman–Crippen LogP) is 2.65.